The molecule has 1 rings (SSSR count). The van der Waals surface area contributed by atoms with Gasteiger partial charge in [0.2, 0.25) is 0 Å². The molecule has 0 spiro atoms. The van der Waals surface area contributed by atoms with Gasteiger partial charge in [-0.25, -0.2) is 10.2 Å². The Morgan fingerprint density at radius 2 is 1.90 bits per heavy atom. The Morgan fingerprint density at radius 3 is 2.30 bits per heavy atom. The Balaban J connectivity index is 0.000000810. The molecule has 10 heavy (non-hydrogen) atoms. The second-order valence-corrected chi connectivity index (χ2v) is 1.57. The highest BCUT2D eigenvalue weighted by Crippen LogP contribution is 1.83. The molecule has 3 N–H and O–H groups in total. The summed E-state index contributed by atoms with van der Waals surface area (Å²) in [6, 6.07) is 3.01. The molecule has 2 amide bonds. The van der Waals surface area contributed by atoms with Crippen molar-refractivity contribution in [2.45, 2.75) is 0 Å². The van der Waals surface area contributed by atoms with E-state index in [1.165, 1.54) is 4.68 Å². The van der Waals surface area contributed by atoms with Crippen molar-refractivity contribution < 1.29 is 4.79 Å². The van der Waals surface area contributed by atoms with E-state index in [0.29, 0.717) is 0 Å². The molecule has 5 heteroatoms. The fraction of sp³-hybridized carbons (Fsp3) is 0. The molecule has 0 atom stereocenters. The molecule has 0 aliphatic rings. The first-order chi connectivity index (χ1) is 4.29. The maximum absolute atomic E-state index is 10.2. The third-order valence-corrected chi connectivity index (χ3v) is 0.844. The normalized spacial score (nSPS) is 8.00. The summed E-state index contributed by atoms with van der Waals surface area (Å²) in [5.74, 6) is 0. The highest BCUT2D eigenvalue weighted by atomic mass is 35.5. The average molecular weight is 162 g/mol. The molecule has 4 nitrogen and oxygen atoms in total. The minimum Gasteiger partial charge on any atom is -0.350 e. The van der Waals surface area contributed by atoms with Crippen molar-refractivity contribution in [3.05, 3.63) is 24.5 Å². The lowest BCUT2D eigenvalue weighted by Crippen LogP contribution is -2.26. The van der Waals surface area contributed by atoms with E-state index < -0.39 is 6.03 Å². The van der Waals surface area contributed by atoms with Crippen molar-refractivity contribution in [1.82, 2.24) is 4.68 Å². The molecule has 56 valence electrons. The molecule has 0 aliphatic carbocycles. The zero-order chi connectivity index (χ0) is 6.69. The van der Waals surface area contributed by atoms with E-state index in [2.05, 4.69) is 5.43 Å². The maximum atomic E-state index is 10.2. The quantitative estimate of drug-likeness (QED) is 0.620. The number of carbonyl (C=O) groups excluding carboxylic acids is 1. The summed E-state index contributed by atoms with van der Waals surface area (Å²) in [6.07, 6.45) is 3.37. The smallest absolute Gasteiger partial charge is 0.331 e. The third kappa shape index (κ3) is 2.41. The van der Waals surface area contributed by atoms with Crippen LogP contribution in [0, 0.1) is 0 Å². The van der Waals surface area contributed by atoms with Crippen molar-refractivity contribution >= 4 is 18.4 Å². The zero-order valence-electron chi connectivity index (χ0n) is 5.15. The van der Waals surface area contributed by atoms with E-state index in [-0.39, 0.29) is 12.4 Å². The van der Waals surface area contributed by atoms with Crippen molar-refractivity contribution in [3.8, 4) is 0 Å². The zero-order valence-corrected chi connectivity index (χ0v) is 5.97. The summed E-state index contributed by atoms with van der Waals surface area (Å²) < 4.78 is 1.47. The number of rotatable bonds is 1. The third-order valence-electron chi connectivity index (χ3n) is 0.844. The van der Waals surface area contributed by atoms with E-state index in [1.54, 1.807) is 24.5 Å². The molecule has 1 heterocycles. The van der Waals surface area contributed by atoms with Gasteiger partial charge in [0.15, 0.2) is 0 Å². The van der Waals surface area contributed by atoms with Crippen LogP contribution in [0.2, 0.25) is 0 Å². The van der Waals surface area contributed by atoms with E-state index in [9.17, 15) is 4.79 Å². The van der Waals surface area contributed by atoms with E-state index in [4.69, 9.17) is 5.73 Å². The van der Waals surface area contributed by atoms with Gasteiger partial charge in [0.1, 0.15) is 0 Å². The standard InChI is InChI=1S/C5H7N3O.ClH/c6-5(9)7-8-3-1-2-4-8;/h1-4H,(H3,6,7,9);1H. The van der Waals surface area contributed by atoms with Crippen LogP contribution in [0.1, 0.15) is 0 Å². The summed E-state index contributed by atoms with van der Waals surface area (Å²) in [7, 11) is 0. The van der Waals surface area contributed by atoms with Gasteiger partial charge in [-0.15, -0.1) is 12.4 Å². The van der Waals surface area contributed by atoms with E-state index in [0.717, 1.165) is 0 Å². The van der Waals surface area contributed by atoms with Crippen LogP contribution in [-0.4, -0.2) is 10.7 Å². The molecule has 0 bridgehead atoms. The minimum absolute atomic E-state index is 0. The van der Waals surface area contributed by atoms with Gasteiger partial charge in [0.05, 0.1) is 0 Å². The second kappa shape index (κ2) is 3.79. The van der Waals surface area contributed by atoms with Crippen LogP contribution in [-0.2, 0) is 0 Å². The summed E-state index contributed by atoms with van der Waals surface area (Å²) in [5, 5.41) is 0. The first-order valence-corrected chi connectivity index (χ1v) is 2.48. The van der Waals surface area contributed by atoms with Crippen molar-refractivity contribution in [1.29, 1.82) is 0 Å². The van der Waals surface area contributed by atoms with Crippen LogP contribution < -0.4 is 11.2 Å². The fourth-order valence-electron chi connectivity index (χ4n) is 0.536. The van der Waals surface area contributed by atoms with Gasteiger partial charge < -0.3 is 5.73 Å². The number of hydrogen-bond donors (Lipinski definition) is 2. The molecule has 0 unspecified atom stereocenters. The molecule has 1 aromatic rings. The van der Waals surface area contributed by atoms with Gasteiger partial charge >= 0.3 is 6.03 Å². The van der Waals surface area contributed by atoms with Gasteiger partial charge in [-0.05, 0) is 12.1 Å². The van der Waals surface area contributed by atoms with E-state index >= 15 is 0 Å². The largest absolute Gasteiger partial charge is 0.350 e. The number of urea groups is 1. The number of amides is 2. The van der Waals surface area contributed by atoms with Crippen molar-refractivity contribution in [3.63, 3.8) is 0 Å². The SMILES string of the molecule is Cl.NC(=O)Nn1cccc1. The highest BCUT2D eigenvalue weighted by Gasteiger charge is 1.88. The topological polar surface area (TPSA) is 60.1 Å². The van der Waals surface area contributed by atoms with Crippen molar-refractivity contribution in [2.24, 2.45) is 5.73 Å². The van der Waals surface area contributed by atoms with E-state index in [1.807, 2.05) is 0 Å². The van der Waals surface area contributed by atoms with Crippen molar-refractivity contribution in [2.75, 3.05) is 5.43 Å². The molecular formula is C5H8ClN3O. The summed E-state index contributed by atoms with van der Waals surface area (Å²) in [6.45, 7) is 0. The summed E-state index contributed by atoms with van der Waals surface area (Å²) >= 11 is 0. The average Bonchev–Trinajstić information content (AvgIpc) is 2.15. The Kier molecular flexibility index (Phi) is 3.35. The Hall–Kier alpha value is -1.16. The van der Waals surface area contributed by atoms with Crippen LogP contribution in [0.15, 0.2) is 24.5 Å². The minimum atomic E-state index is -0.564. The molecule has 0 radical (unpaired) electrons. The Morgan fingerprint density at radius 1 is 1.40 bits per heavy atom. The number of nitrogens with zero attached hydrogens (tertiary/aromatic N) is 1. The molecule has 0 aliphatic heterocycles. The van der Waals surface area contributed by atoms with Gasteiger partial charge in [-0.3, -0.25) is 4.68 Å². The predicted molar refractivity (Wildman–Crippen MR) is 40.6 cm³/mol. The number of primary amides is 1. The molecule has 0 saturated heterocycles. The predicted octanol–water partition coefficient (Wildman–Crippen LogP) is 0.532. The van der Waals surface area contributed by atoms with Gasteiger partial charge in [0.25, 0.3) is 0 Å². The molecule has 0 fully saturated rings. The molecule has 0 saturated carbocycles. The van der Waals surface area contributed by atoms with Crippen LogP contribution in [0.5, 0.6) is 0 Å². The Bertz CT molecular complexity index is 197. The first-order valence-electron chi connectivity index (χ1n) is 2.48. The maximum Gasteiger partial charge on any atom is 0.331 e. The lowest BCUT2D eigenvalue weighted by atomic mass is 10.7. The summed E-state index contributed by atoms with van der Waals surface area (Å²) in [5.41, 5.74) is 7.15. The lowest BCUT2D eigenvalue weighted by Gasteiger charge is -1.98. The molecule has 1 aromatic heterocycles. The number of aromatic nitrogens is 1. The number of hydrogen-bond acceptors (Lipinski definition) is 1. The molecular weight excluding hydrogens is 154 g/mol. The van der Waals surface area contributed by atoms with Gasteiger partial charge in [-0.2, -0.15) is 0 Å². The lowest BCUT2D eigenvalue weighted by molar-refractivity contribution is 0.257. The second-order valence-electron chi connectivity index (χ2n) is 1.57. The summed E-state index contributed by atoms with van der Waals surface area (Å²) in [4.78, 5) is 10.2. The number of nitrogens with two attached hydrogens (primary N) is 1. The fourth-order valence-corrected chi connectivity index (χ4v) is 0.536. The number of carbonyl (C=O) groups is 1. The first kappa shape index (κ1) is 8.84. The van der Waals surface area contributed by atoms with Crippen LogP contribution in [0.4, 0.5) is 4.79 Å². The van der Waals surface area contributed by atoms with Crippen LogP contribution in [0.25, 0.3) is 0 Å². The number of halogens is 1. The van der Waals surface area contributed by atoms with Crippen LogP contribution in [0.3, 0.4) is 0 Å². The highest BCUT2D eigenvalue weighted by molar-refractivity contribution is 5.85. The molecule has 0 aromatic carbocycles. The number of nitrogens with one attached hydrogen (secondary N) is 1. The Labute approximate surface area is 64.4 Å². The van der Waals surface area contributed by atoms with Gasteiger partial charge in [-0.1, -0.05) is 0 Å². The van der Waals surface area contributed by atoms with Gasteiger partial charge in [0, 0.05) is 12.4 Å². The monoisotopic (exact) mass is 161 g/mol. The van der Waals surface area contributed by atoms with Crippen LogP contribution >= 0.6 is 12.4 Å².